The lowest BCUT2D eigenvalue weighted by Crippen LogP contribution is -2.32. The summed E-state index contributed by atoms with van der Waals surface area (Å²) in [5.41, 5.74) is 1.84. The first-order valence-corrected chi connectivity index (χ1v) is 11.0. The van der Waals surface area contributed by atoms with Crippen molar-refractivity contribution >= 4 is 17.7 Å². The zero-order valence-corrected chi connectivity index (χ0v) is 18.6. The van der Waals surface area contributed by atoms with Gasteiger partial charge in [-0.3, -0.25) is 9.36 Å². The van der Waals surface area contributed by atoms with Crippen LogP contribution in [0.3, 0.4) is 0 Å². The number of para-hydroxylation sites is 1. The topological polar surface area (TPSA) is 69.0 Å². The zero-order valence-electron chi connectivity index (χ0n) is 17.8. The van der Waals surface area contributed by atoms with Crippen molar-refractivity contribution in [1.82, 2.24) is 20.1 Å². The van der Waals surface area contributed by atoms with Crippen LogP contribution in [-0.2, 0) is 4.79 Å². The van der Waals surface area contributed by atoms with Crippen LogP contribution in [0, 0.1) is 5.92 Å². The molecule has 0 bridgehead atoms. The van der Waals surface area contributed by atoms with E-state index in [0.29, 0.717) is 23.4 Å². The van der Waals surface area contributed by atoms with Gasteiger partial charge in [-0.1, -0.05) is 55.9 Å². The van der Waals surface area contributed by atoms with Gasteiger partial charge in [0.15, 0.2) is 11.0 Å². The van der Waals surface area contributed by atoms with E-state index < -0.39 is 0 Å². The van der Waals surface area contributed by atoms with Crippen molar-refractivity contribution in [2.45, 2.75) is 37.6 Å². The average molecular weight is 425 g/mol. The maximum Gasteiger partial charge on any atom is 0.233 e. The smallest absolute Gasteiger partial charge is 0.233 e. The summed E-state index contributed by atoms with van der Waals surface area (Å²) in [6, 6.07) is 17.7. The molecule has 158 valence electrons. The maximum atomic E-state index is 12.5. The molecule has 3 rings (SSSR count). The van der Waals surface area contributed by atoms with Gasteiger partial charge in [-0.05, 0) is 43.5 Å². The third-order valence-electron chi connectivity index (χ3n) is 4.65. The zero-order chi connectivity index (χ0) is 21.5. The highest BCUT2D eigenvalue weighted by atomic mass is 32.2. The van der Waals surface area contributed by atoms with Crippen LogP contribution in [0.5, 0.6) is 5.75 Å². The van der Waals surface area contributed by atoms with Gasteiger partial charge < -0.3 is 10.1 Å². The van der Waals surface area contributed by atoms with Crippen molar-refractivity contribution in [2.75, 3.05) is 13.7 Å². The van der Waals surface area contributed by atoms with Crippen molar-refractivity contribution in [3.05, 3.63) is 54.6 Å². The van der Waals surface area contributed by atoms with Crippen LogP contribution in [0.2, 0.25) is 0 Å². The van der Waals surface area contributed by atoms with Gasteiger partial charge in [0, 0.05) is 17.8 Å². The fourth-order valence-electron chi connectivity index (χ4n) is 2.94. The number of hydrogen-bond acceptors (Lipinski definition) is 5. The summed E-state index contributed by atoms with van der Waals surface area (Å²) in [6.45, 7) is 6.87. The number of rotatable bonds is 9. The molecule has 0 aliphatic heterocycles. The van der Waals surface area contributed by atoms with Crippen molar-refractivity contribution in [1.29, 1.82) is 0 Å². The van der Waals surface area contributed by atoms with Gasteiger partial charge >= 0.3 is 0 Å². The predicted octanol–water partition coefficient (Wildman–Crippen LogP) is 4.59. The minimum atomic E-state index is -0.290. The average Bonchev–Trinajstić information content (AvgIpc) is 3.17. The molecule has 3 aromatic rings. The SMILES string of the molecule is COc1cccc(-c2nnc(SC(C)C(=O)NCCC(C)C)n2-c2ccccc2)c1. The number of carbonyl (C=O) groups is 1. The number of nitrogens with one attached hydrogen (secondary N) is 1. The fraction of sp³-hybridized carbons (Fsp3) is 0.348. The van der Waals surface area contributed by atoms with E-state index in [-0.39, 0.29) is 11.2 Å². The number of methoxy groups -OCH3 is 1. The molecule has 30 heavy (non-hydrogen) atoms. The Kier molecular flexibility index (Phi) is 7.52. The highest BCUT2D eigenvalue weighted by molar-refractivity contribution is 8.00. The minimum Gasteiger partial charge on any atom is -0.497 e. The first kappa shape index (κ1) is 21.9. The number of ether oxygens (including phenoxy) is 1. The molecule has 1 unspecified atom stereocenters. The Morgan fingerprint density at radius 1 is 1.10 bits per heavy atom. The Morgan fingerprint density at radius 3 is 2.57 bits per heavy atom. The van der Waals surface area contributed by atoms with E-state index in [1.54, 1.807) is 7.11 Å². The van der Waals surface area contributed by atoms with E-state index in [9.17, 15) is 4.79 Å². The van der Waals surface area contributed by atoms with Crippen molar-refractivity contribution in [3.63, 3.8) is 0 Å². The Bertz CT molecular complexity index is 972. The maximum absolute atomic E-state index is 12.5. The second-order valence-corrected chi connectivity index (χ2v) is 8.75. The highest BCUT2D eigenvalue weighted by Crippen LogP contribution is 2.31. The van der Waals surface area contributed by atoms with Gasteiger partial charge in [0.1, 0.15) is 5.75 Å². The number of thioether (sulfide) groups is 1. The van der Waals surface area contributed by atoms with E-state index in [2.05, 4.69) is 29.4 Å². The summed E-state index contributed by atoms with van der Waals surface area (Å²) in [5, 5.41) is 12.2. The van der Waals surface area contributed by atoms with Gasteiger partial charge in [-0.15, -0.1) is 10.2 Å². The van der Waals surface area contributed by atoms with Crippen LogP contribution < -0.4 is 10.1 Å². The third-order valence-corrected chi connectivity index (χ3v) is 5.69. The Labute approximate surface area is 182 Å². The van der Waals surface area contributed by atoms with E-state index in [1.807, 2.05) is 66.1 Å². The van der Waals surface area contributed by atoms with E-state index in [1.165, 1.54) is 11.8 Å². The predicted molar refractivity (Wildman–Crippen MR) is 121 cm³/mol. The lowest BCUT2D eigenvalue weighted by Gasteiger charge is -2.14. The normalized spacial score (nSPS) is 12.0. The first-order valence-electron chi connectivity index (χ1n) is 10.1. The molecule has 6 nitrogen and oxygen atoms in total. The first-order chi connectivity index (χ1) is 14.5. The van der Waals surface area contributed by atoms with E-state index in [4.69, 9.17) is 4.74 Å². The van der Waals surface area contributed by atoms with E-state index in [0.717, 1.165) is 23.4 Å². The number of amides is 1. The number of nitrogens with zero attached hydrogens (tertiary/aromatic N) is 3. The fourth-order valence-corrected chi connectivity index (χ4v) is 3.84. The van der Waals surface area contributed by atoms with Crippen LogP contribution in [0.25, 0.3) is 17.1 Å². The molecule has 1 aromatic heterocycles. The van der Waals surface area contributed by atoms with Gasteiger partial charge in [0.05, 0.1) is 12.4 Å². The molecule has 0 saturated carbocycles. The summed E-state index contributed by atoms with van der Waals surface area (Å²) >= 11 is 1.40. The molecule has 0 saturated heterocycles. The van der Waals surface area contributed by atoms with Gasteiger partial charge in [0.2, 0.25) is 5.91 Å². The second-order valence-electron chi connectivity index (χ2n) is 7.44. The molecule has 0 fully saturated rings. The Morgan fingerprint density at radius 2 is 1.87 bits per heavy atom. The van der Waals surface area contributed by atoms with Crippen LogP contribution in [0.1, 0.15) is 27.2 Å². The second kappa shape index (κ2) is 10.3. The Hall–Kier alpha value is -2.80. The molecule has 0 aliphatic carbocycles. The molecule has 0 radical (unpaired) electrons. The minimum absolute atomic E-state index is 0.00573. The van der Waals surface area contributed by atoms with Crippen molar-refractivity contribution in [3.8, 4) is 22.8 Å². The molecular weight excluding hydrogens is 396 g/mol. The van der Waals surface area contributed by atoms with E-state index >= 15 is 0 Å². The molecule has 0 spiro atoms. The third kappa shape index (κ3) is 5.42. The molecule has 0 aliphatic rings. The molecule has 1 N–H and O–H groups in total. The summed E-state index contributed by atoms with van der Waals surface area (Å²) < 4.78 is 7.35. The van der Waals surface area contributed by atoms with Gasteiger partial charge in [-0.2, -0.15) is 0 Å². The molecule has 7 heteroatoms. The van der Waals surface area contributed by atoms with Crippen LogP contribution in [0.4, 0.5) is 0 Å². The number of carbonyl (C=O) groups excluding carboxylic acids is 1. The summed E-state index contributed by atoms with van der Waals surface area (Å²) in [7, 11) is 1.64. The standard InChI is InChI=1S/C23H28N4O2S/c1-16(2)13-14-24-22(28)17(3)30-23-26-25-21(18-9-8-12-20(15-18)29-4)27(23)19-10-6-5-7-11-19/h5-12,15-17H,13-14H2,1-4H3,(H,24,28). The number of benzene rings is 2. The van der Waals surface area contributed by atoms with Gasteiger partial charge in [0.25, 0.3) is 0 Å². The van der Waals surface area contributed by atoms with Crippen molar-refractivity contribution in [2.24, 2.45) is 5.92 Å². The summed E-state index contributed by atoms with van der Waals surface area (Å²) in [5.74, 6) is 2.02. The van der Waals surface area contributed by atoms with Gasteiger partial charge in [-0.25, -0.2) is 0 Å². The quantitative estimate of drug-likeness (QED) is 0.509. The Balaban J connectivity index is 1.89. The lowest BCUT2D eigenvalue weighted by atomic mass is 10.1. The molecule has 1 heterocycles. The molecule has 1 atom stereocenters. The lowest BCUT2D eigenvalue weighted by molar-refractivity contribution is -0.120. The number of aromatic nitrogens is 3. The van der Waals surface area contributed by atoms with Crippen LogP contribution in [-0.4, -0.2) is 39.6 Å². The monoisotopic (exact) mass is 424 g/mol. The molecule has 1 amide bonds. The molecular formula is C23H28N4O2S. The van der Waals surface area contributed by atoms with Crippen LogP contribution >= 0.6 is 11.8 Å². The largest absolute Gasteiger partial charge is 0.497 e. The van der Waals surface area contributed by atoms with Crippen LogP contribution in [0.15, 0.2) is 59.8 Å². The highest BCUT2D eigenvalue weighted by Gasteiger charge is 2.22. The summed E-state index contributed by atoms with van der Waals surface area (Å²) in [4.78, 5) is 12.5. The number of hydrogen-bond donors (Lipinski definition) is 1. The van der Waals surface area contributed by atoms with Crippen molar-refractivity contribution < 1.29 is 9.53 Å². The molecule has 2 aromatic carbocycles. The summed E-state index contributed by atoms with van der Waals surface area (Å²) in [6.07, 6.45) is 0.962.